The lowest BCUT2D eigenvalue weighted by atomic mass is 9.67. The van der Waals surface area contributed by atoms with Crippen LogP contribution in [0.2, 0.25) is 0 Å². The van der Waals surface area contributed by atoms with Crippen molar-refractivity contribution >= 4 is 15.9 Å². The highest BCUT2D eigenvalue weighted by atomic mass is 32.2. The Morgan fingerprint density at radius 3 is 2.76 bits per heavy atom. The number of nitrogens with one attached hydrogen (secondary N) is 1. The average molecular weight is 368 g/mol. The molecule has 1 aliphatic heterocycles. The number of rotatable bonds is 5. The third kappa shape index (κ3) is 3.31. The first kappa shape index (κ1) is 18.3. The highest BCUT2D eigenvalue weighted by Gasteiger charge is 2.54. The van der Waals surface area contributed by atoms with Crippen molar-refractivity contribution in [3.8, 4) is 0 Å². The molecule has 3 N–H and O–H groups in total. The van der Waals surface area contributed by atoms with Gasteiger partial charge >= 0.3 is 0 Å². The maximum Gasteiger partial charge on any atom is 0.251 e. The number of ether oxygens (including phenoxy) is 2. The van der Waals surface area contributed by atoms with Crippen molar-refractivity contribution in [3.63, 3.8) is 0 Å². The summed E-state index contributed by atoms with van der Waals surface area (Å²) in [4.78, 5) is 12.7. The summed E-state index contributed by atoms with van der Waals surface area (Å²) in [6.07, 6.45) is 1.04. The molecule has 1 saturated carbocycles. The molecule has 138 valence electrons. The van der Waals surface area contributed by atoms with Gasteiger partial charge in [-0.15, -0.1) is 0 Å². The second-order valence-corrected chi connectivity index (χ2v) is 8.40. The fourth-order valence-electron chi connectivity index (χ4n) is 3.92. The van der Waals surface area contributed by atoms with Crippen LogP contribution in [0.25, 0.3) is 0 Å². The van der Waals surface area contributed by atoms with Crippen molar-refractivity contribution < 1.29 is 22.7 Å². The molecule has 0 spiro atoms. The summed E-state index contributed by atoms with van der Waals surface area (Å²) in [5.74, 6) is 0.100. The van der Waals surface area contributed by atoms with Crippen molar-refractivity contribution in [1.82, 2.24) is 5.32 Å². The number of amides is 1. The Hall–Kier alpha value is -1.48. The van der Waals surface area contributed by atoms with Gasteiger partial charge in [0.1, 0.15) is 0 Å². The average Bonchev–Trinajstić information content (AvgIpc) is 2.95. The van der Waals surface area contributed by atoms with Gasteiger partial charge in [-0.2, -0.15) is 0 Å². The maximum atomic E-state index is 12.7. The summed E-state index contributed by atoms with van der Waals surface area (Å²) in [5, 5.41) is 8.30. The molecule has 2 aliphatic rings. The molecule has 0 bridgehead atoms. The molecule has 1 heterocycles. The van der Waals surface area contributed by atoms with E-state index in [9.17, 15) is 13.2 Å². The van der Waals surface area contributed by atoms with Gasteiger partial charge in [0.2, 0.25) is 10.0 Å². The maximum absolute atomic E-state index is 12.7. The molecule has 3 rings (SSSR count). The number of sulfonamides is 1. The molecule has 7 nitrogen and oxygen atoms in total. The minimum Gasteiger partial charge on any atom is -0.384 e. The zero-order valence-corrected chi connectivity index (χ0v) is 15.4. The summed E-state index contributed by atoms with van der Waals surface area (Å²) in [5.41, 5.74) is 1.57. The molecule has 2 fully saturated rings. The summed E-state index contributed by atoms with van der Waals surface area (Å²) in [7, 11) is -2.26. The number of fused-ring (bicyclic) bond motifs is 1. The number of hydrogen-bond donors (Lipinski definition) is 2. The third-order valence-electron chi connectivity index (χ3n) is 5.37. The van der Waals surface area contributed by atoms with Gasteiger partial charge in [0.05, 0.1) is 17.6 Å². The van der Waals surface area contributed by atoms with Gasteiger partial charge in [-0.1, -0.05) is 0 Å². The van der Waals surface area contributed by atoms with Gasteiger partial charge in [-0.05, 0) is 43.5 Å². The summed E-state index contributed by atoms with van der Waals surface area (Å²) >= 11 is 0. The van der Waals surface area contributed by atoms with E-state index in [1.54, 1.807) is 27.0 Å². The SMILES string of the molecule is COCC1C(NC(=O)c2cc(C)c(C)c(S(N)(=O)=O)c2)C2CCOC21. The van der Waals surface area contributed by atoms with E-state index in [-0.39, 0.29) is 34.8 Å². The highest BCUT2D eigenvalue weighted by Crippen LogP contribution is 2.43. The lowest BCUT2D eigenvalue weighted by Gasteiger charge is -2.47. The van der Waals surface area contributed by atoms with Crippen molar-refractivity contribution in [1.29, 1.82) is 0 Å². The molecule has 4 unspecified atom stereocenters. The fourth-order valence-corrected chi connectivity index (χ4v) is 4.80. The van der Waals surface area contributed by atoms with Crippen LogP contribution in [0.3, 0.4) is 0 Å². The molecule has 8 heteroatoms. The van der Waals surface area contributed by atoms with E-state index in [1.807, 2.05) is 0 Å². The highest BCUT2D eigenvalue weighted by molar-refractivity contribution is 7.89. The van der Waals surface area contributed by atoms with Crippen LogP contribution in [0.1, 0.15) is 27.9 Å². The lowest BCUT2D eigenvalue weighted by Crippen LogP contribution is -2.62. The molecule has 4 atom stereocenters. The van der Waals surface area contributed by atoms with E-state index in [1.165, 1.54) is 6.07 Å². The molecule has 25 heavy (non-hydrogen) atoms. The number of nitrogens with two attached hydrogens (primary N) is 1. The molecule has 0 radical (unpaired) electrons. The van der Waals surface area contributed by atoms with Crippen molar-refractivity contribution in [3.05, 3.63) is 28.8 Å². The first-order valence-corrected chi connectivity index (χ1v) is 9.84. The van der Waals surface area contributed by atoms with Crippen LogP contribution in [0.5, 0.6) is 0 Å². The molecular formula is C17H24N2O5S. The quantitative estimate of drug-likeness (QED) is 0.797. The predicted octanol–water partition coefficient (Wildman–Crippen LogP) is 0.731. The van der Waals surface area contributed by atoms with Gasteiger partial charge in [0.25, 0.3) is 5.91 Å². The van der Waals surface area contributed by atoms with Gasteiger partial charge in [0, 0.05) is 37.2 Å². The number of primary sulfonamides is 1. The van der Waals surface area contributed by atoms with Crippen molar-refractivity contribution in [2.75, 3.05) is 20.3 Å². The molecule has 1 saturated heterocycles. The lowest BCUT2D eigenvalue weighted by molar-refractivity contribution is -0.0809. The predicted molar refractivity (Wildman–Crippen MR) is 91.8 cm³/mol. The van der Waals surface area contributed by atoms with Crippen LogP contribution in [-0.4, -0.2) is 46.8 Å². The van der Waals surface area contributed by atoms with Crippen LogP contribution >= 0.6 is 0 Å². The minimum atomic E-state index is -3.89. The molecule has 1 aliphatic carbocycles. The molecule has 1 aromatic rings. The van der Waals surface area contributed by atoms with E-state index in [4.69, 9.17) is 14.6 Å². The Balaban J connectivity index is 1.83. The van der Waals surface area contributed by atoms with Gasteiger partial charge in [-0.3, -0.25) is 4.79 Å². The first-order valence-electron chi connectivity index (χ1n) is 8.29. The largest absolute Gasteiger partial charge is 0.384 e. The Kier molecular flexibility index (Phi) is 4.89. The standard InChI is InChI=1S/C17H24N2O5S/c1-9-6-11(7-14(10(9)2)25(18,21)22)17(20)19-15-12-4-5-24-16(12)13(15)8-23-3/h6-7,12-13,15-16H,4-5,8H2,1-3H3,(H,19,20)(H2,18,21,22). The second kappa shape index (κ2) is 6.68. The molecular weight excluding hydrogens is 344 g/mol. The fraction of sp³-hybridized carbons (Fsp3) is 0.588. The van der Waals surface area contributed by atoms with E-state index in [0.29, 0.717) is 29.9 Å². The summed E-state index contributed by atoms with van der Waals surface area (Å²) in [6.45, 7) is 4.65. The van der Waals surface area contributed by atoms with E-state index >= 15 is 0 Å². The van der Waals surface area contributed by atoms with Crippen LogP contribution in [-0.2, 0) is 19.5 Å². The summed E-state index contributed by atoms with van der Waals surface area (Å²) < 4.78 is 34.5. The zero-order valence-electron chi connectivity index (χ0n) is 14.6. The Morgan fingerprint density at radius 1 is 1.40 bits per heavy atom. The summed E-state index contributed by atoms with van der Waals surface area (Å²) in [6, 6.07) is 3.01. The number of carbonyl (C=O) groups excluding carboxylic acids is 1. The smallest absolute Gasteiger partial charge is 0.251 e. The van der Waals surface area contributed by atoms with Crippen molar-refractivity contribution in [2.45, 2.75) is 37.3 Å². The monoisotopic (exact) mass is 368 g/mol. The van der Waals surface area contributed by atoms with Crippen LogP contribution in [0, 0.1) is 25.7 Å². The molecule has 1 amide bonds. The topological polar surface area (TPSA) is 108 Å². The van der Waals surface area contributed by atoms with E-state index < -0.39 is 10.0 Å². The van der Waals surface area contributed by atoms with E-state index in [2.05, 4.69) is 5.32 Å². The number of hydrogen-bond acceptors (Lipinski definition) is 5. The molecule has 1 aromatic carbocycles. The third-order valence-corrected chi connectivity index (χ3v) is 6.41. The van der Waals surface area contributed by atoms with Gasteiger partial charge in [-0.25, -0.2) is 13.6 Å². The normalized spacial score (nSPS) is 28.3. The minimum absolute atomic E-state index is 0.0122. The van der Waals surface area contributed by atoms with Gasteiger partial charge < -0.3 is 14.8 Å². The number of carbonyl (C=O) groups is 1. The van der Waals surface area contributed by atoms with Crippen LogP contribution < -0.4 is 10.5 Å². The Bertz CT molecular complexity index is 792. The van der Waals surface area contributed by atoms with Crippen molar-refractivity contribution in [2.24, 2.45) is 17.0 Å². The second-order valence-electron chi connectivity index (χ2n) is 6.87. The Morgan fingerprint density at radius 2 is 2.12 bits per heavy atom. The van der Waals surface area contributed by atoms with Gasteiger partial charge in [0.15, 0.2) is 0 Å². The van der Waals surface area contributed by atoms with Crippen LogP contribution in [0.4, 0.5) is 0 Å². The Labute approximate surface area is 147 Å². The number of benzene rings is 1. The van der Waals surface area contributed by atoms with E-state index in [0.717, 1.165) is 6.42 Å². The zero-order chi connectivity index (χ0) is 18.4. The number of aryl methyl sites for hydroxylation is 1. The number of methoxy groups -OCH3 is 1. The first-order chi connectivity index (χ1) is 11.7. The van der Waals surface area contributed by atoms with Crippen LogP contribution in [0.15, 0.2) is 17.0 Å². The molecule has 0 aromatic heterocycles.